The van der Waals surface area contributed by atoms with E-state index >= 15 is 0 Å². The summed E-state index contributed by atoms with van der Waals surface area (Å²) in [5, 5.41) is 5.47. The van der Waals surface area contributed by atoms with E-state index in [1.165, 1.54) is 0 Å². The SMILES string of the molecule is CC(C)C[C@H](NC(=O)[C@H](Cc1ccccc1)NC(=O)OC(C)(C)C)C(=O)NNc1ccccc1. The number of carbonyl (C=O) groups is 3. The first-order valence-corrected chi connectivity index (χ1v) is 11.5. The molecule has 0 saturated carbocycles. The molecule has 0 aliphatic rings. The van der Waals surface area contributed by atoms with Gasteiger partial charge in [-0.3, -0.25) is 20.4 Å². The van der Waals surface area contributed by atoms with Gasteiger partial charge in [0, 0.05) is 6.42 Å². The summed E-state index contributed by atoms with van der Waals surface area (Å²) >= 11 is 0. The lowest BCUT2D eigenvalue weighted by molar-refractivity contribution is -0.130. The predicted octanol–water partition coefficient (Wildman–Crippen LogP) is 3.80. The molecule has 0 fully saturated rings. The number of benzene rings is 2. The van der Waals surface area contributed by atoms with Crippen LogP contribution in [0.2, 0.25) is 0 Å². The van der Waals surface area contributed by atoms with Crippen molar-refractivity contribution in [2.75, 3.05) is 5.43 Å². The van der Waals surface area contributed by atoms with Crippen molar-refractivity contribution in [3.05, 3.63) is 66.2 Å². The zero-order valence-corrected chi connectivity index (χ0v) is 20.6. The second kappa shape index (κ2) is 12.6. The number of carbonyl (C=O) groups excluding carboxylic acids is 3. The van der Waals surface area contributed by atoms with Gasteiger partial charge in [-0.05, 0) is 50.8 Å². The molecule has 184 valence electrons. The smallest absolute Gasteiger partial charge is 0.408 e. The first-order valence-electron chi connectivity index (χ1n) is 11.5. The van der Waals surface area contributed by atoms with Crippen molar-refractivity contribution >= 4 is 23.6 Å². The number of nitrogens with one attached hydrogen (secondary N) is 4. The lowest BCUT2D eigenvalue weighted by Gasteiger charge is -2.26. The Labute approximate surface area is 201 Å². The molecule has 34 heavy (non-hydrogen) atoms. The molecule has 0 radical (unpaired) electrons. The molecule has 8 nitrogen and oxygen atoms in total. The fourth-order valence-electron chi connectivity index (χ4n) is 3.23. The number of rotatable bonds is 10. The van der Waals surface area contributed by atoms with Gasteiger partial charge in [-0.2, -0.15) is 0 Å². The Balaban J connectivity index is 2.12. The van der Waals surface area contributed by atoms with E-state index in [0.717, 1.165) is 11.3 Å². The van der Waals surface area contributed by atoms with Gasteiger partial charge in [0.05, 0.1) is 5.69 Å². The summed E-state index contributed by atoms with van der Waals surface area (Å²) in [6.07, 6.45) is -0.0119. The zero-order valence-electron chi connectivity index (χ0n) is 20.6. The molecule has 2 aromatic rings. The molecular weight excluding hydrogens is 432 g/mol. The van der Waals surface area contributed by atoms with E-state index in [9.17, 15) is 14.4 Å². The predicted molar refractivity (Wildman–Crippen MR) is 133 cm³/mol. The maximum atomic E-state index is 13.2. The quantitative estimate of drug-likeness (QED) is 0.397. The highest BCUT2D eigenvalue weighted by Gasteiger charge is 2.29. The number of amides is 3. The van der Waals surface area contributed by atoms with Crippen molar-refractivity contribution in [3.8, 4) is 0 Å². The third-order valence-electron chi connectivity index (χ3n) is 4.73. The van der Waals surface area contributed by atoms with Crippen LogP contribution in [0.3, 0.4) is 0 Å². The third kappa shape index (κ3) is 9.94. The Bertz CT molecular complexity index is 927. The molecule has 0 aliphatic carbocycles. The number of anilines is 1. The molecule has 4 N–H and O–H groups in total. The third-order valence-corrected chi connectivity index (χ3v) is 4.73. The summed E-state index contributed by atoms with van der Waals surface area (Å²) in [6.45, 7) is 9.19. The molecule has 0 unspecified atom stereocenters. The van der Waals surface area contributed by atoms with E-state index in [2.05, 4.69) is 21.5 Å². The highest BCUT2D eigenvalue weighted by atomic mass is 16.6. The normalized spacial score (nSPS) is 12.9. The standard InChI is InChI=1S/C26H36N4O4/c1-18(2)16-21(24(32)30-29-20-14-10-7-11-15-20)27-23(31)22(17-19-12-8-6-9-13-19)28-25(33)34-26(3,4)5/h6-15,18,21-22,29H,16-17H2,1-5H3,(H,27,31)(H,28,33)(H,30,32)/t21-,22-/m0/s1. The minimum atomic E-state index is -0.915. The zero-order chi connectivity index (χ0) is 25.1. The van der Waals surface area contributed by atoms with E-state index in [1.54, 1.807) is 20.8 Å². The molecule has 8 heteroatoms. The van der Waals surface area contributed by atoms with E-state index in [4.69, 9.17) is 4.74 Å². The molecule has 3 amide bonds. The van der Waals surface area contributed by atoms with Crippen molar-refractivity contribution in [2.24, 2.45) is 5.92 Å². The van der Waals surface area contributed by atoms with Crippen molar-refractivity contribution < 1.29 is 19.1 Å². The van der Waals surface area contributed by atoms with E-state index in [0.29, 0.717) is 6.42 Å². The van der Waals surface area contributed by atoms with Crippen molar-refractivity contribution in [1.29, 1.82) is 0 Å². The van der Waals surface area contributed by atoms with Crippen LogP contribution >= 0.6 is 0 Å². The number of hydrogen-bond donors (Lipinski definition) is 4. The molecule has 0 aromatic heterocycles. The lowest BCUT2D eigenvalue weighted by Crippen LogP contribution is -2.55. The average Bonchev–Trinajstić information content (AvgIpc) is 2.76. The first kappa shape index (κ1) is 26.7. The monoisotopic (exact) mass is 468 g/mol. The highest BCUT2D eigenvalue weighted by Crippen LogP contribution is 2.11. The molecule has 2 rings (SSSR count). The fraction of sp³-hybridized carbons (Fsp3) is 0.423. The van der Waals surface area contributed by atoms with Crippen LogP contribution in [0, 0.1) is 5.92 Å². The summed E-state index contributed by atoms with van der Waals surface area (Å²) in [4.78, 5) is 38.5. The molecule has 0 spiro atoms. The van der Waals surface area contributed by atoms with Crippen LogP contribution in [0.25, 0.3) is 0 Å². The highest BCUT2D eigenvalue weighted by molar-refractivity contribution is 5.91. The van der Waals surface area contributed by atoms with E-state index < -0.39 is 29.7 Å². The summed E-state index contributed by atoms with van der Waals surface area (Å²) in [5.41, 5.74) is 6.40. The van der Waals surface area contributed by atoms with Gasteiger partial charge in [0.25, 0.3) is 5.91 Å². The van der Waals surface area contributed by atoms with Crippen LogP contribution in [0.5, 0.6) is 0 Å². The number of hydrogen-bond acceptors (Lipinski definition) is 5. The van der Waals surface area contributed by atoms with Crippen molar-refractivity contribution in [1.82, 2.24) is 16.1 Å². The number of para-hydroxylation sites is 1. The van der Waals surface area contributed by atoms with Gasteiger partial charge in [-0.15, -0.1) is 0 Å². The largest absolute Gasteiger partial charge is 0.444 e. The molecule has 2 atom stereocenters. The molecule has 0 heterocycles. The Morgan fingerprint density at radius 2 is 1.41 bits per heavy atom. The molecule has 0 saturated heterocycles. The van der Waals surface area contributed by atoms with Gasteiger partial charge in [0.2, 0.25) is 5.91 Å². The van der Waals surface area contributed by atoms with Gasteiger partial charge < -0.3 is 15.4 Å². The van der Waals surface area contributed by atoms with Crippen molar-refractivity contribution in [3.63, 3.8) is 0 Å². The van der Waals surface area contributed by atoms with Crippen molar-refractivity contribution in [2.45, 2.75) is 65.1 Å². The first-order chi connectivity index (χ1) is 16.0. The number of ether oxygens (including phenoxy) is 1. The number of hydrazine groups is 1. The van der Waals surface area contributed by atoms with Crippen LogP contribution in [-0.4, -0.2) is 35.6 Å². The summed E-state index contributed by atoms with van der Waals surface area (Å²) in [6, 6.07) is 16.8. The second-order valence-corrected chi connectivity index (χ2v) is 9.56. The fourth-order valence-corrected chi connectivity index (χ4v) is 3.23. The topological polar surface area (TPSA) is 109 Å². The van der Waals surface area contributed by atoms with Crippen LogP contribution in [0.1, 0.15) is 46.6 Å². The van der Waals surface area contributed by atoms with Gasteiger partial charge in [0.1, 0.15) is 17.7 Å². The van der Waals surface area contributed by atoms with E-state index in [1.807, 2.05) is 74.5 Å². The Hall–Kier alpha value is -3.55. The van der Waals surface area contributed by atoms with Gasteiger partial charge in [-0.25, -0.2) is 4.79 Å². The second-order valence-electron chi connectivity index (χ2n) is 9.56. The Morgan fingerprint density at radius 3 is 1.97 bits per heavy atom. The molecule has 2 aromatic carbocycles. The lowest BCUT2D eigenvalue weighted by atomic mass is 10.0. The maximum absolute atomic E-state index is 13.2. The number of alkyl carbamates (subject to hydrolysis) is 1. The molecule has 0 bridgehead atoms. The van der Waals surface area contributed by atoms with Crippen LogP contribution < -0.4 is 21.5 Å². The summed E-state index contributed by atoms with van der Waals surface area (Å²) < 4.78 is 5.34. The van der Waals surface area contributed by atoms with Gasteiger partial charge in [-0.1, -0.05) is 62.4 Å². The molecular formula is C26H36N4O4. The Kier molecular flexibility index (Phi) is 9.92. The average molecular weight is 469 g/mol. The minimum absolute atomic E-state index is 0.152. The van der Waals surface area contributed by atoms with E-state index in [-0.39, 0.29) is 18.2 Å². The van der Waals surface area contributed by atoms with Crippen LogP contribution in [-0.2, 0) is 20.7 Å². The van der Waals surface area contributed by atoms with Gasteiger partial charge in [0.15, 0.2) is 0 Å². The van der Waals surface area contributed by atoms with Gasteiger partial charge >= 0.3 is 6.09 Å². The van der Waals surface area contributed by atoms with Crippen LogP contribution in [0.15, 0.2) is 60.7 Å². The molecule has 0 aliphatic heterocycles. The summed E-state index contributed by atoms with van der Waals surface area (Å²) in [5.74, 6) is -0.684. The summed E-state index contributed by atoms with van der Waals surface area (Å²) in [7, 11) is 0. The van der Waals surface area contributed by atoms with Crippen LogP contribution in [0.4, 0.5) is 10.5 Å². The Morgan fingerprint density at radius 1 is 0.824 bits per heavy atom. The minimum Gasteiger partial charge on any atom is -0.444 e. The maximum Gasteiger partial charge on any atom is 0.408 e.